The van der Waals surface area contributed by atoms with Crippen molar-refractivity contribution < 1.29 is 0 Å². The lowest BCUT2D eigenvalue weighted by Gasteiger charge is -2.27. The average molecular weight is 233 g/mol. The third-order valence-electron chi connectivity index (χ3n) is 3.47. The first kappa shape index (κ1) is 12.4. The molecule has 0 spiro atoms. The summed E-state index contributed by atoms with van der Waals surface area (Å²) in [6, 6.07) is 4.30. The predicted octanol–water partition coefficient (Wildman–Crippen LogP) is 1.36. The van der Waals surface area contributed by atoms with Gasteiger partial charge in [0, 0.05) is 25.3 Å². The van der Waals surface area contributed by atoms with Crippen molar-refractivity contribution in [2.75, 3.05) is 40.0 Å². The Morgan fingerprint density at radius 2 is 2.12 bits per heavy atom. The summed E-state index contributed by atoms with van der Waals surface area (Å²) in [5.74, 6) is 0. The Bertz CT molecular complexity index is 399. The number of nitrogen functional groups attached to an aromatic ring is 1. The van der Waals surface area contributed by atoms with E-state index in [2.05, 4.69) is 43.1 Å². The van der Waals surface area contributed by atoms with E-state index in [4.69, 9.17) is 5.73 Å². The number of hydrogen-bond donors (Lipinski definition) is 1. The van der Waals surface area contributed by atoms with E-state index in [0.29, 0.717) is 0 Å². The average Bonchev–Trinajstić information content (AvgIpc) is 2.24. The van der Waals surface area contributed by atoms with Crippen LogP contribution in [-0.4, -0.2) is 44.0 Å². The zero-order valence-electron chi connectivity index (χ0n) is 11.2. The number of nitrogens with zero attached hydrogens (tertiary/aromatic N) is 2. The Labute approximate surface area is 104 Å². The molecule has 1 aromatic rings. The Morgan fingerprint density at radius 1 is 1.35 bits per heavy atom. The van der Waals surface area contributed by atoms with Crippen LogP contribution in [0, 0.1) is 0 Å². The van der Waals surface area contributed by atoms with Gasteiger partial charge in [0.25, 0.3) is 0 Å². The van der Waals surface area contributed by atoms with Crippen LogP contribution >= 0.6 is 0 Å². The van der Waals surface area contributed by atoms with Crippen LogP contribution in [0.1, 0.15) is 16.7 Å². The molecule has 0 bridgehead atoms. The van der Waals surface area contributed by atoms with Gasteiger partial charge in [0.2, 0.25) is 0 Å². The zero-order valence-corrected chi connectivity index (χ0v) is 11.2. The van der Waals surface area contributed by atoms with Crippen LogP contribution in [0.2, 0.25) is 0 Å². The van der Waals surface area contributed by atoms with Gasteiger partial charge in [-0.1, -0.05) is 0 Å². The molecule has 0 fully saturated rings. The van der Waals surface area contributed by atoms with Crippen LogP contribution in [-0.2, 0) is 19.4 Å². The number of rotatable bonds is 3. The van der Waals surface area contributed by atoms with Gasteiger partial charge in [0.1, 0.15) is 0 Å². The van der Waals surface area contributed by atoms with Crippen molar-refractivity contribution >= 4 is 5.69 Å². The molecule has 0 atom stereocenters. The summed E-state index contributed by atoms with van der Waals surface area (Å²) >= 11 is 0. The molecule has 0 saturated carbocycles. The van der Waals surface area contributed by atoms with Gasteiger partial charge in [-0.25, -0.2) is 0 Å². The smallest absolute Gasteiger partial charge is 0.0320 e. The Balaban J connectivity index is 2.25. The van der Waals surface area contributed by atoms with Crippen LogP contribution in [0.3, 0.4) is 0 Å². The minimum absolute atomic E-state index is 0.910. The summed E-state index contributed by atoms with van der Waals surface area (Å²) in [4.78, 5) is 4.59. The highest BCUT2D eigenvalue weighted by Crippen LogP contribution is 2.25. The minimum Gasteiger partial charge on any atom is -0.399 e. The molecule has 1 aliphatic rings. The molecule has 17 heavy (non-hydrogen) atoms. The third-order valence-corrected chi connectivity index (χ3v) is 3.47. The summed E-state index contributed by atoms with van der Waals surface area (Å²) in [6.45, 7) is 3.28. The summed E-state index contributed by atoms with van der Waals surface area (Å²) in [6.07, 6.45) is 2.26. The first-order valence-electron chi connectivity index (χ1n) is 6.29. The molecule has 0 radical (unpaired) electrons. The fourth-order valence-corrected chi connectivity index (χ4v) is 2.53. The van der Waals surface area contributed by atoms with E-state index in [-0.39, 0.29) is 0 Å². The topological polar surface area (TPSA) is 32.5 Å². The molecule has 94 valence electrons. The molecular weight excluding hydrogens is 210 g/mol. The molecule has 2 N–H and O–H groups in total. The lowest BCUT2D eigenvalue weighted by Crippen LogP contribution is -2.28. The van der Waals surface area contributed by atoms with Crippen molar-refractivity contribution in [1.82, 2.24) is 9.80 Å². The van der Waals surface area contributed by atoms with Gasteiger partial charge in [-0.2, -0.15) is 0 Å². The van der Waals surface area contributed by atoms with Crippen LogP contribution in [0.15, 0.2) is 12.1 Å². The van der Waals surface area contributed by atoms with E-state index in [9.17, 15) is 0 Å². The van der Waals surface area contributed by atoms with Crippen LogP contribution in [0.25, 0.3) is 0 Å². The fraction of sp³-hybridized carbons (Fsp3) is 0.571. The SMILES string of the molecule is CN(C)CCc1cc(N)cc2c1CCN(C)C2. The number of likely N-dealkylation sites (N-methyl/N-ethyl adjacent to an activating group) is 2. The maximum Gasteiger partial charge on any atom is 0.0320 e. The zero-order chi connectivity index (χ0) is 12.4. The molecule has 1 heterocycles. The van der Waals surface area contributed by atoms with Gasteiger partial charge >= 0.3 is 0 Å². The highest BCUT2D eigenvalue weighted by atomic mass is 15.1. The van der Waals surface area contributed by atoms with Crippen LogP contribution in [0.4, 0.5) is 5.69 Å². The van der Waals surface area contributed by atoms with Crippen molar-refractivity contribution in [3.8, 4) is 0 Å². The molecule has 1 aromatic carbocycles. The van der Waals surface area contributed by atoms with Gasteiger partial charge in [-0.05, 0) is 62.8 Å². The van der Waals surface area contributed by atoms with Crippen molar-refractivity contribution in [3.63, 3.8) is 0 Å². The number of fused-ring (bicyclic) bond motifs is 1. The number of benzene rings is 1. The first-order valence-corrected chi connectivity index (χ1v) is 6.29. The first-order chi connectivity index (χ1) is 8.06. The Hall–Kier alpha value is -1.06. The molecule has 1 aliphatic heterocycles. The molecule has 0 aliphatic carbocycles. The highest BCUT2D eigenvalue weighted by Gasteiger charge is 2.16. The minimum atomic E-state index is 0.910. The van der Waals surface area contributed by atoms with Crippen molar-refractivity contribution in [1.29, 1.82) is 0 Å². The number of hydrogen-bond acceptors (Lipinski definition) is 3. The second-order valence-corrected chi connectivity index (χ2v) is 5.36. The van der Waals surface area contributed by atoms with Crippen molar-refractivity contribution in [2.45, 2.75) is 19.4 Å². The quantitative estimate of drug-likeness (QED) is 0.800. The fourth-order valence-electron chi connectivity index (χ4n) is 2.53. The summed E-state index contributed by atoms with van der Waals surface area (Å²) < 4.78 is 0. The maximum absolute atomic E-state index is 6.00. The summed E-state index contributed by atoms with van der Waals surface area (Å²) in [7, 11) is 6.41. The molecule has 2 rings (SSSR count). The highest BCUT2D eigenvalue weighted by molar-refractivity contribution is 5.50. The monoisotopic (exact) mass is 233 g/mol. The predicted molar refractivity (Wildman–Crippen MR) is 73.2 cm³/mol. The summed E-state index contributed by atoms with van der Waals surface area (Å²) in [5.41, 5.74) is 11.3. The van der Waals surface area contributed by atoms with Crippen LogP contribution in [0.5, 0.6) is 0 Å². The van der Waals surface area contributed by atoms with Gasteiger partial charge in [0.15, 0.2) is 0 Å². The lowest BCUT2D eigenvalue weighted by atomic mass is 9.92. The molecule has 3 heteroatoms. The second-order valence-electron chi connectivity index (χ2n) is 5.36. The molecular formula is C14H23N3. The van der Waals surface area contributed by atoms with Gasteiger partial charge in [-0.15, -0.1) is 0 Å². The van der Waals surface area contributed by atoms with E-state index < -0.39 is 0 Å². The largest absolute Gasteiger partial charge is 0.399 e. The molecule has 3 nitrogen and oxygen atoms in total. The second kappa shape index (κ2) is 5.07. The maximum atomic E-state index is 6.00. The van der Waals surface area contributed by atoms with E-state index in [1.165, 1.54) is 11.1 Å². The standard InChI is InChI=1S/C14H23N3/c1-16(2)6-4-11-8-13(15)9-12-10-17(3)7-5-14(11)12/h8-9H,4-7,10,15H2,1-3H3. The van der Waals surface area contributed by atoms with E-state index >= 15 is 0 Å². The lowest BCUT2D eigenvalue weighted by molar-refractivity contribution is 0.312. The Morgan fingerprint density at radius 3 is 2.82 bits per heavy atom. The number of nitrogens with two attached hydrogens (primary N) is 1. The summed E-state index contributed by atoms with van der Waals surface area (Å²) in [5, 5.41) is 0. The molecule has 0 unspecified atom stereocenters. The third kappa shape index (κ3) is 2.99. The van der Waals surface area contributed by atoms with Gasteiger partial charge < -0.3 is 15.5 Å². The van der Waals surface area contributed by atoms with E-state index in [1.807, 2.05) is 0 Å². The van der Waals surface area contributed by atoms with Crippen molar-refractivity contribution in [3.05, 3.63) is 28.8 Å². The molecule has 0 aromatic heterocycles. The van der Waals surface area contributed by atoms with Crippen molar-refractivity contribution in [2.24, 2.45) is 0 Å². The van der Waals surface area contributed by atoms with Gasteiger partial charge in [-0.3, -0.25) is 0 Å². The van der Waals surface area contributed by atoms with Crippen LogP contribution < -0.4 is 5.73 Å². The Kier molecular flexibility index (Phi) is 3.69. The van der Waals surface area contributed by atoms with E-state index in [0.717, 1.165) is 38.2 Å². The number of anilines is 1. The molecule has 0 saturated heterocycles. The molecule has 0 amide bonds. The normalized spacial score (nSPS) is 16.2. The van der Waals surface area contributed by atoms with Gasteiger partial charge in [0.05, 0.1) is 0 Å². The van der Waals surface area contributed by atoms with E-state index in [1.54, 1.807) is 5.56 Å².